The molecule has 1 saturated heterocycles. The first kappa shape index (κ1) is 40.7. The van der Waals surface area contributed by atoms with Gasteiger partial charge in [0.25, 0.3) is 5.91 Å². The van der Waals surface area contributed by atoms with Crippen LogP contribution in [0, 0.1) is 11.7 Å². The van der Waals surface area contributed by atoms with Gasteiger partial charge in [-0.3, -0.25) is 9.59 Å². The topological polar surface area (TPSA) is 83.7 Å². The maximum Gasteiger partial charge on any atom is 0.416 e. The van der Waals surface area contributed by atoms with Crippen LogP contribution in [0.5, 0.6) is 0 Å². The largest absolute Gasteiger partial charge is 0.416 e. The van der Waals surface area contributed by atoms with Crippen molar-refractivity contribution in [1.29, 1.82) is 0 Å². The van der Waals surface area contributed by atoms with Crippen LogP contribution in [0.4, 0.5) is 30.7 Å². The molecule has 0 bridgehead atoms. The van der Waals surface area contributed by atoms with Crippen LogP contribution in [0.15, 0.2) is 103 Å². The molecular weight excluding hydrogens is 767 g/mol. The first-order valence-electron chi connectivity index (χ1n) is 18.9. The Balaban J connectivity index is 1.06. The second kappa shape index (κ2) is 16.8. The van der Waals surface area contributed by atoms with Gasteiger partial charge >= 0.3 is 12.4 Å². The molecule has 5 aromatic rings. The Morgan fingerprint density at radius 3 is 2.29 bits per heavy atom. The van der Waals surface area contributed by atoms with Crippen molar-refractivity contribution in [2.24, 2.45) is 5.92 Å². The second-order valence-electron chi connectivity index (χ2n) is 14.6. The lowest BCUT2D eigenvalue weighted by molar-refractivity contribution is -0.229. The molecule has 4 atom stereocenters. The van der Waals surface area contributed by atoms with E-state index in [1.807, 2.05) is 48.7 Å². The Bertz CT molecular complexity index is 2250. The number of carbonyl (C=O) groups excluding carboxylic acids is 2. The number of carbonyl (C=O) groups is 2. The number of hydrogen-bond acceptors (Lipinski definition) is 4. The van der Waals surface area contributed by atoms with Crippen molar-refractivity contribution in [3.05, 3.63) is 148 Å². The van der Waals surface area contributed by atoms with Crippen LogP contribution in [0.2, 0.25) is 0 Å². The van der Waals surface area contributed by atoms with Gasteiger partial charge in [0.1, 0.15) is 11.9 Å². The van der Waals surface area contributed by atoms with E-state index in [4.69, 9.17) is 9.47 Å². The van der Waals surface area contributed by atoms with E-state index >= 15 is 0 Å². The first-order valence-corrected chi connectivity index (χ1v) is 18.9. The molecule has 1 fully saturated rings. The van der Waals surface area contributed by atoms with Gasteiger partial charge in [0.15, 0.2) is 6.29 Å². The molecule has 2 amide bonds. The fourth-order valence-electron chi connectivity index (χ4n) is 7.62. The molecule has 58 heavy (non-hydrogen) atoms. The summed E-state index contributed by atoms with van der Waals surface area (Å²) in [5.41, 5.74) is 1.53. The molecule has 0 spiro atoms. The van der Waals surface area contributed by atoms with Crippen LogP contribution in [-0.4, -0.2) is 41.1 Å². The fraction of sp³-hybridized carbons (Fsp3) is 0.318. The van der Waals surface area contributed by atoms with Gasteiger partial charge in [-0.2, -0.15) is 26.3 Å². The molecule has 2 unspecified atom stereocenters. The summed E-state index contributed by atoms with van der Waals surface area (Å²) in [7, 11) is 0. The molecule has 2 N–H and O–H groups in total. The molecule has 14 heteroatoms. The van der Waals surface area contributed by atoms with Crippen LogP contribution in [0.3, 0.4) is 0 Å². The van der Waals surface area contributed by atoms with Crippen molar-refractivity contribution >= 4 is 28.3 Å². The number of hydrogen-bond donors (Lipinski definition) is 2. The monoisotopic (exact) mass is 807 g/mol. The Morgan fingerprint density at radius 1 is 0.931 bits per heavy atom. The van der Waals surface area contributed by atoms with Crippen molar-refractivity contribution in [2.75, 3.05) is 13.2 Å². The lowest BCUT2D eigenvalue weighted by atomic mass is 9.84. The second-order valence-corrected chi connectivity index (χ2v) is 14.6. The van der Waals surface area contributed by atoms with E-state index in [0.29, 0.717) is 49.1 Å². The fourth-order valence-corrected chi connectivity index (χ4v) is 7.62. The Kier molecular flexibility index (Phi) is 11.8. The maximum absolute atomic E-state index is 14.1. The third-order valence-corrected chi connectivity index (χ3v) is 10.7. The van der Waals surface area contributed by atoms with E-state index in [1.165, 1.54) is 36.1 Å². The number of morpholine rings is 1. The van der Waals surface area contributed by atoms with E-state index in [0.717, 1.165) is 27.6 Å². The van der Waals surface area contributed by atoms with Crippen molar-refractivity contribution in [2.45, 2.75) is 69.9 Å². The number of aromatic amines is 1. The van der Waals surface area contributed by atoms with Crippen molar-refractivity contribution in [3.8, 4) is 0 Å². The minimum Gasteiger partial charge on any atom is -0.361 e. The van der Waals surface area contributed by atoms with E-state index in [9.17, 15) is 40.3 Å². The van der Waals surface area contributed by atoms with Crippen LogP contribution < -0.4 is 5.32 Å². The summed E-state index contributed by atoms with van der Waals surface area (Å²) in [6, 6.07) is 20.7. The molecule has 0 radical (unpaired) electrons. The van der Waals surface area contributed by atoms with Gasteiger partial charge < -0.3 is 24.7 Å². The lowest BCUT2D eigenvalue weighted by Gasteiger charge is -2.42. The molecule has 2 heterocycles. The van der Waals surface area contributed by atoms with E-state index in [2.05, 4.69) is 16.4 Å². The highest BCUT2D eigenvalue weighted by molar-refractivity contribution is 6.01. The highest BCUT2D eigenvalue weighted by atomic mass is 19.4. The van der Waals surface area contributed by atoms with Crippen LogP contribution in [-0.2, 0) is 33.2 Å². The third-order valence-electron chi connectivity index (χ3n) is 10.7. The van der Waals surface area contributed by atoms with Gasteiger partial charge in [-0.05, 0) is 103 Å². The number of H-pyrrole nitrogens is 1. The Labute approximate surface area is 329 Å². The third kappa shape index (κ3) is 9.29. The quantitative estimate of drug-likeness (QED) is 0.138. The smallest absolute Gasteiger partial charge is 0.361 e. The number of halogens is 7. The normalized spacial score (nSPS) is 19.5. The van der Waals surface area contributed by atoms with Crippen LogP contribution in [0.25, 0.3) is 16.5 Å². The number of nitrogens with zero attached hydrogens (tertiary/aromatic N) is 1. The number of amides is 2. The zero-order chi connectivity index (χ0) is 41.2. The SMILES string of the molecule is CC(O[C@H]1OCCN(C(=O)CC2CC=C(c3c[nH]c4ccc(C(=O)NCc5ccccc5)cc34)CC2)[C@H]1c1ccc(F)cc1)c1cc(C(F)(F)F)cc(C(F)(F)F)c1. The van der Waals surface area contributed by atoms with Gasteiger partial charge in [0.05, 0.1) is 23.8 Å². The van der Waals surface area contributed by atoms with Crippen molar-refractivity contribution in [1.82, 2.24) is 15.2 Å². The number of fused-ring (bicyclic) bond motifs is 1. The van der Waals surface area contributed by atoms with Gasteiger partial charge in [-0.1, -0.05) is 48.5 Å². The lowest BCUT2D eigenvalue weighted by Crippen LogP contribution is -2.49. The maximum atomic E-state index is 14.1. The summed E-state index contributed by atoms with van der Waals surface area (Å²) in [6.07, 6.45) is -6.63. The molecule has 7 nitrogen and oxygen atoms in total. The van der Waals surface area contributed by atoms with Crippen LogP contribution >= 0.6 is 0 Å². The number of benzene rings is 4. The zero-order valence-electron chi connectivity index (χ0n) is 31.3. The molecule has 1 aliphatic carbocycles. The van der Waals surface area contributed by atoms with Crippen molar-refractivity contribution in [3.63, 3.8) is 0 Å². The van der Waals surface area contributed by atoms with E-state index < -0.39 is 47.7 Å². The molecule has 0 saturated carbocycles. The average molecular weight is 808 g/mol. The predicted molar refractivity (Wildman–Crippen MR) is 202 cm³/mol. The van der Waals surface area contributed by atoms with E-state index in [-0.39, 0.29) is 48.9 Å². The number of allylic oxidation sites excluding steroid dienone is 2. The summed E-state index contributed by atoms with van der Waals surface area (Å²) in [4.78, 5) is 31.9. The minimum absolute atomic E-state index is 0.0151. The first-order chi connectivity index (χ1) is 27.6. The number of ether oxygens (including phenoxy) is 2. The van der Waals surface area contributed by atoms with Gasteiger partial charge in [0.2, 0.25) is 5.91 Å². The summed E-state index contributed by atoms with van der Waals surface area (Å²) in [6.45, 7) is 1.82. The van der Waals surface area contributed by atoms with Crippen LogP contribution in [0.1, 0.15) is 88.5 Å². The standard InChI is InChI=1S/C44H40F7N3O4/c1-26(32-20-33(43(46,47)48)23-34(21-32)44(49,50)51)58-42-40(30-11-14-35(45)15-12-30)54(17-18-57-42)39(55)19-27-7-9-29(10-8-27)37-25-52-38-16-13-31(22-36(37)38)41(56)53-24-28-5-3-2-4-6-28/h2-6,9,11-16,20-23,25-27,40,42,52H,7-8,10,17-19,24H2,1H3,(H,53,56)/t26?,27?,40-,42+/m0/s1. The average Bonchev–Trinajstić information content (AvgIpc) is 3.63. The Morgan fingerprint density at radius 2 is 1.64 bits per heavy atom. The molecule has 7 rings (SSSR count). The van der Waals surface area contributed by atoms with E-state index in [1.54, 1.807) is 6.07 Å². The molecule has 1 aliphatic heterocycles. The van der Waals surface area contributed by atoms with Crippen molar-refractivity contribution < 1.29 is 49.8 Å². The Hall–Kier alpha value is -5.47. The predicted octanol–water partition coefficient (Wildman–Crippen LogP) is 10.6. The van der Waals surface area contributed by atoms with Gasteiger partial charge in [-0.15, -0.1) is 0 Å². The number of rotatable bonds is 10. The number of aromatic nitrogens is 1. The molecule has 4 aromatic carbocycles. The minimum atomic E-state index is -5.05. The highest BCUT2D eigenvalue weighted by Gasteiger charge is 2.41. The summed E-state index contributed by atoms with van der Waals surface area (Å²) < 4.78 is 108. The molecule has 304 valence electrons. The molecular formula is C44H40F7N3O4. The number of nitrogens with one attached hydrogen (secondary N) is 2. The summed E-state index contributed by atoms with van der Waals surface area (Å²) in [5, 5.41) is 3.87. The number of alkyl halides is 6. The summed E-state index contributed by atoms with van der Waals surface area (Å²) in [5.74, 6) is -1.03. The van der Waals surface area contributed by atoms with Gasteiger partial charge in [0, 0.05) is 47.7 Å². The zero-order valence-corrected chi connectivity index (χ0v) is 31.3. The molecule has 2 aliphatic rings. The van der Waals surface area contributed by atoms with Gasteiger partial charge in [-0.25, -0.2) is 4.39 Å². The highest BCUT2D eigenvalue weighted by Crippen LogP contribution is 2.41. The molecule has 1 aromatic heterocycles. The summed E-state index contributed by atoms with van der Waals surface area (Å²) >= 11 is 0.